The lowest BCUT2D eigenvalue weighted by molar-refractivity contribution is -0.133. The molecule has 4 N–H and O–H groups in total. The molecule has 8 heteroatoms. The second-order valence-corrected chi connectivity index (χ2v) is 5.20. The molecule has 2 aliphatic rings. The number of carbonyl (C=O) groups excluding carboxylic acids is 1. The topological polar surface area (TPSA) is 101 Å². The Morgan fingerprint density at radius 2 is 2.13 bits per heavy atom. The summed E-state index contributed by atoms with van der Waals surface area (Å²) in [6, 6.07) is 9.92. The van der Waals surface area contributed by atoms with E-state index in [-0.39, 0.29) is 11.7 Å². The van der Waals surface area contributed by atoms with Crippen molar-refractivity contribution in [2.45, 2.75) is 12.4 Å². The van der Waals surface area contributed by atoms with Gasteiger partial charge in [-0.25, -0.2) is 14.7 Å². The van der Waals surface area contributed by atoms with Crippen molar-refractivity contribution in [3.63, 3.8) is 0 Å². The highest BCUT2D eigenvalue weighted by Gasteiger charge is 2.50. The molecule has 1 unspecified atom stereocenters. The average Bonchev–Trinajstić information content (AvgIpc) is 2.94. The van der Waals surface area contributed by atoms with Crippen LogP contribution in [0.25, 0.3) is 0 Å². The molecule has 3 rings (SSSR count). The predicted molar refractivity (Wildman–Crippen MR) is 83.5 cm³/mol. The zero-order chi connectivity index (χ0) is 16.4. The van der Waals surface area contributed by atoms with Gasteiger partial charge >= 0.3 is 5.97 Å². The van der Waals surface area contributed by atoms with E-state index in [0.29, 0.717) is 18.9 Å². The summed E-state index contributed by atoms with van der Waals surface area (Å²) in [6.07, 6.45) is 0. The van der Waals surface area contributed by atoms with Gasteiger partial charge in [0.05, 0.1) is 13.8 Å². The lowest BCUT2D eigenvalue weighted by atomic mass is 10.2. The van der Waals surface area contributed by atoms with E-state index in [1.165, 1.54) is 14.2 Å². The fourth-order valence-electron chi connectivity index (χ4n) is 2.76. The Bertz CT molecular complexity index is 673. The number of aliphatic imine (C=N–C) groups is 1. The number of nitrogens with zero attached hydrogens (tertiary/aromatic N) is 2. The summed E-state index contributed by atoms with van der Waals surface area (Å²) in [4.78, 5) is 18.2. The third-order valence-corrected chi connectivity index (χ3v) is 3.87. The Hall–Kier alpha value is -2.58. The minimum absolute atomic E-state index is 0.0114. The summed E-state index contributed by atoms with van der Waals surface area (Å²) in [6.45, 7) is 1.06. The van der Waals surface area contributed by atoms with E-state index >= 15 is 0 Å². The third kappa shape index (κ3) is 2.51. The van der Waals surface area contributed by atoms with Gasteiger partial charge in [-0.3, -0.25) is 0 Å². The summed E-state index contributed by atoms with van der Waals surface area (Å²) in [7, 11) is 2.82. The Kier molecular flexibility index (Phi) is 3.93. The average molecular weight is 317 g/mol. The van der Waals surface area contributed by atoms with Gasteiger partial charge in [-0.15, -0.1) is 0 Å². The Labute approximate surface area is 133 Å². The quantitative estimate of drug-likeness (QED) is 0.653. The third-order valence-electron chi connectivity index (χ3n) is 3.87. The molecule has 1 fully saturated rings. The van der Waals surface area contributed by atoms with Crippen molar-refractivity contribution in [2.24, 2.45) is 10.7 Å². The van der Waals surface area contributed by atoms with Crippen molar-refractivity contribution >= 4 is 11.8 Å². The largest absolute Gasteiger partial charge is 0.463 e. The van der Waals surface area contributed by atoms with Crippen molar-refractivity contribution in [3.8, 4) is 0 Å². The zero-order valence-corrected chi connectivity index (χ0v) is 13.0. The van der Waals surface area contributed by atoms with E-state index in [1.54, 1.807) is 0 Å². The Morgan fingerprint density at radius 3 is 2.78 bits per heavy atom. The van der Waals surface area contributed by atoms with Crippen LogP contribution in [0.2, 0.25) is 0 Å². The van der Waals surface area contributed by atoms with Crippen LogP contribution in [-0.2, 0) is 20.8 Å². The number of esters is 1. The van der Waals surface area contributed by atoms with Gasteiger partial charge in [-0.1, -0.05) is 30.3 Å². The number of hydrogen-bond donors (Lipinski definition) is 3. The minimum Gasteiger partial charge on any atom is -0.463 e. The molecule has 8 nitrogen and oxygen atoms in total. The Balaban J connectivity index is 1.98. The number of amidine groups is 1. The predicted octanol–water partition coefficient (Wildman–Crippen LogP) is -0.348. The maximum atomic E-state index is 11.8. The molecule has 0 aliphatic carbocycles. The zero-order valence-electron chi connectivity index (χ0n) is 13.0. The number of benzene rings is 1. The number of ether oxygens (including phenoxy) is 2. The first-order chi connectivity index (χ1) is 11.1. The maximum Gasteiger partial charge on any atom is 0.373 e. The molecule has 0 saturated carbocycles. The molecule has 1 atom stereocenters. The molecule has 0 amide bonds. The van der Waals surface area contributed by atoms with Crippen LogP contribution in [0.1, 0.15) is 5.56 Å². The Morgan fingerprint density at radius 1 is 1.39 bits per heavy atom. The van der Waals surface area contributed by atoms with E-state index in [4.69, 9.17) is 15.2 Å². The van der Waals surface area contributed by atoms with Crippen LogP contribution in [0.4, 0.5) is 0 Å². The van der Waals surface area contributed by atoms with Crippen LogP contribution in [-0.4, -0.2) is 43.4 Å². The number of nitrogens with two attached hydrogens (primary N) is 1. The first kappa shape index (κ1) is 15.3. The van der Waals surface area contributed by atoms with Gasteiger partial charge in [0.25, 0.3) is 5.85 Å². The standard InChI is InChI=1S/C15H19N5O3/c1-22-14(21)13-18-12(16)11-15(19-13,23-2)20(9-17-11)8-10-6-4-3-5-7-10/h3-7,17H,8-9,16H2,1-2H3,(H,18,19). The van der Waals surface area contributed by atoms with Gasteiger partial charge < -0.3 is 25.8 Å². The number of carbonyl (C=O) groups is 1. The normalized spacial score (nSPS) is 23.7. The number of rotatable bonds is 4. The van der Waals surface area contributed by atoms with Gasteiger partial charge in [-0.2, -0.15) is 0 Å². The van der Waals surface area contributed by atoms with Gasteiger partial charge in [0.2, 0.25) is 5.84 Å². The molecule has 2 aliphatic heterocycles. The summed E-state index contributed by atoms with van der Waals surface area (Å²) in [5.41, 5.74) is 7.71. The summed E-state index contributed by atoms with van der Waals surface area (Å²) < 4.78 is 10.4. The van der Waals surface area contributed by atoms with E-state index in [2.05, 4.69) is 15.6 Å². The van der Waals surface area contributed by atoms with Crippen LogP contribution in [0, 0.1) is 0 Å². The van der Waals surface area contributed by atoms with E-state index in [1.807, 2.05) is 35.2 Å². The van der Waals surface area contributed by atoms with E-state index in [0.717, 1.165) is 5.56 Å². The first-order valence-electron chi connectivity index (χ1n) is 7.14. The smallest absolute Gasteiger partial charge is 0.373 e. The fourth-order valence-corrected chi connectivity index (χ4v) is 2.76. The second-order valence-electron chi connectivity index (χ2n) is 5.20. The summed E-state index contributed by atoms with van der Waals surface area (Å²) in [5, 5.41) is 5.93. The molecule has 0 radical (unpaired) electrons. The van der Waals surface area contributed by atoms with Gasteiger partial charge in [0.15, 0.2) is 0 Å². The van der Waals surface area contributed by atoms with Crippen molar-refractivity contribution in [3.05, 3.63) is 47.4 Å². The molecule has 1 aromatic carbocycles. The summed E-state index contributed by atoms with van der Waals surface area (Å²) in [5.74, 6) is -1.47. The highest BCUT2D eigenvalue weighted by atomic mass is 16.5. The monoisotopic (exact) mass is 317 g/mol. The van der Waals surface area contributed by atoms with Crippen LogP contribution in [0.5, 0.6) is 0 Å². The van der Waals surface area contributed by atoms with Gasteiger partial charge in [0.1, 0.15) is 11.5 Å². The van der Waals surface area contributed by atoms with Gasteiger partial charge in [-0.05, 0) is 5.56 Å². The van der Waals surface area contributed by atoms with Crippen molar-refractivity contribution in [2.75, 3.05) is 20.9 Å². The van der Waals surface area contributed by atoms with Crippen LogP contribution < -0.4 is 16.4 Å². The van der Waals surface area contributed by atoms with Gasteiger partial charge in [0, 0.05) is 13.7 Å². The van der Waals surface area contributed by atoms with Crippen molar-refractivity contribution < 1.29 is 14.3 Å². The maximum absolute atomic E-state index is 11.8. The lowest BCUT2D eigenvalue weighted by Crippen LogP contribution is -2.53. The van der Waals surface area contributed by atoms with Crippen LogP contribution in [0.15, 0.2) is 46.8 Å². The second kappa shape index (κ2) is 5.90. The number of hydrogen-bond acceptors (Lipinski definition) is 8. The lowest BCUT2D eigenvalue weighted by Gasteiger charge is -2.35. The molecule has 1 aromatic rings. The van der Waals surface area contributed by atoms with Crippen molar-refractivity contribution in [1.82, 2.24) is 15.5 Å². The molecule has 1 saturated heterocycles. The van der Waals surface area contributed by atoms with Crippen LogP contribution >= 0.6 is 0 Å². The molecule has 23 heavy (non-hydrogen) atoms. The van der Waals surface area contributed by atoms with E-state index < -0.39 is 11.8 Å². The van der Waals surface area contributed by atoms with Crippen molar-refractivity contribution in [1.29, 1.82) is 0 Å². The molecular weight excluding hydrogens is 298 g/mol. The van der Waals surface area contributed by atoms with Crippen LogP contribution in [0.3, 0.4) is 0 Å². The van der Waals surface area contributed by atoms with E-state index in [9.17, 15) is 4.79 Å². The highest BCUT2D eigenvalue weighted by Crippen LogP contribution is 2.34. The minimum atomic E-state index is -1.17. The SMILES string of the molecule is COC(=O)C1=NC2(OC)C(=C(N)N1)NCN2Cc1ccccc1. The first-order valence-corrected chi connectivity index (χ1v) is 7.14. The fraction of sp³-hybridized carbons (Fsp3) is 0.333. The molecule has 0 aromatic heterocycles. The molecule has 0 bridgehead atoms. The molecule has 2 heterocycles. The molecule has 122 valence electrons. The molecule has 0 spiro atoms. The molecular formula is C15H19N5O3. The number of fused-ring (bicyclic) bond motifs is 1. The number of methoxy groups -OCH3 is 2. The highest BCUT2D eigenvalue weighted by molar-refractivity contribution is 6.36. The summed E-state index contributed by atoms with van der Waals surface area (Å²) >= 11 is 0. The number of nitrogens with one attached hydrogen (secondary N) is 2.